The van der Waals surface area contributed by atoms with Crippen LogP contribution in [-0.2, 0) is 17.4 Å². The zero-order valence-corrected chi connectivity index (χ0v) is 14.9. The van der Waals surface area contributed by atoms with Crippen LogP contribution >= 0.6 is 0 Å². The van der Waals surface area contributed by atoms with Gasteiger partial charge < -0.3 is 12.6 Å². The maximum Gasteiger partial charge on any atom is 1.00 e. The topological polar surface area (TPSA) is 0 Å². The second kappa shape index (κ2) is 7.33. The van der Waals surface area contributed by atoms with Crippen molar-refractivity contribution in [3.8, 4) is 0 Å². The molecule has 0 amide bonds. The molecule has 0 radical (unpaired) electrons. The Bertz CT molecular complexity index is 569. The largest absolute Gasteiger partial charge is 1.00 e. The van der Waals surface area contributed by atoms with Crippen LogP contribution in [-0.4, -0.2) is 0 Å². The van der Waals surface area contributed by atoms with Crippen molar-refractivity contribution < 1.29 is 29.6 Å². The van der Waals surface area contributed by atoms with Gasteiger partial charge in [0, 0.05) is 0 Å². The van der Waals surface area contributed by atoms with Gasteiger partial charge in [-0.05, 0) is 0 Å². The van der Waals surface area contributed by atoms with E-state index < -0.39 is 4.75 Å². The summed E-state index contributed by atoms with van der Waals surface area (Å²) in [6, 6.07) is 31.0. The summed E-state index contributed by atoms with van der Waals surface area (Å²) in [6.07, 6.45) is 0. The van der Waals surface area contributed by atoms with Crippen molar-refractivity contribution in [1.29, 1.82) is 0 Å². The van der Waals surface area contributed by atoms with Crippen molar-refractivity contribution in [2.45, 2.75) is 4.75 Å². The van der Waals surface area contributed by atoms with E-state index >= 15 is 0 Å². The van der Waals surface area contributed by atoms with Gasteiger partial charge in [0.25, 0.3) is 0 Å². The molecule has 0 saturated heterocycles. The molecule has 0 atom stereocenters. The van der Waals surface area contributed by atoms with Gasteiger partial charge in [-0.2, -0.15) is 0 Å². The predicted molar refractivity (Wildman–Crippen MR) is 86.6 cm³/mol. The van der Waals surface area contributed by atoms with Crippen LogP contribution in [0.15, 0.2) is 91.0 Å². The van der Waals surface area contributed by atoms with Crippen LogP contribution < -0.4 is 29.6 Å². The molecule has 98 valence electrons. The summed E-state index contributed by atoms with van der Waals surface area (Å²) in [5.74, 6) is 0. The van der Waals surface area contributed by atoms with Gasteiger partial charge in [0.1, 0.15) is 0 Å². The van der Waals surface area contributed by atoms with Crippen LogP contribution in [0.3, 0.4) is 0 Å². The van der Waals surface area contributed by atoms with E-state index in [-0.39, 0.29) is 29.6 Å². The van der Waals surface area contributed by atoms with Crippen LogP contribution in [0.1, 0.15) is 16.7 Å². The Morgan fingerprint density at radius 3 is 0.952 bits per heavy atom. The molecular formula is C19H15NaS. The maximum absolute atomic E-state index is 6.10. The van der Waals surface area contributed by atoms with Gasteiger partial charge >= 0.3 is 29.6 Å². The van der Waals surface area contributed by atoms with Gasteiger partial charge in [0.05, 0.1) is 0 Å². The summed E-state index contributed by atoms with van der Waals surface area (Å²) in [5.41, 5.74) is 3.40. The minimum atomic E-state index is -0.538. The van der Waals surface area contributed by atoms with Crippen molar-refractivity contribution in [1.82, 2.24) is 0 Å². The van der Waals surface area contributed by atoms with E-state index in [2.05, 4.69) is 36.4 Å². The van der Waals surface area contributed by atoms with E-state index in [0.29, 0.717) is 0 Å². The fourth-order valence-electron chi connectivity index (χ4n) is 2.52. The van der Waals surface area contributed by atoms with Gasteiger partial charge in [0.15, 0.2) is 0 Å². The van der Waals surface area contributed by atoms with Crippen molar-refractivity contribution in [3.05, 3.63) is 108 Å². The molecule has 0 bridgehead atoms. The van der Waals surface area contributed by atoms with Crippen molar-refractivity contribution in [2.75, 3.05) is 0 Å². The molecule has 0 aromatic heterocycles. The van der Waals surface area contributed by atoms with Crippen LogP contribution in [0.4, 0.5) is 0 Å². The molecule has 0 aliphatic heterocycles. The molecule has 0 aliphatic rings. The van der Waals surface area contributed by atoms with E-state index in [0.717, 1.165) is 16.7 Å². The Labute approximate surface area is 153 Å². The minimum Gasteiger partial charge on any atom is -0.772 e. The second-order valence-electron chi connectivity index (χ2n) is 4.78. The van der Waals surface area contributed by atoms with E-state index in [1.54, 1.807) is 0 Å². The molecule has 0 fully saturated rings. The van der Waals surface area contributed by atoms with Crippen molar-refractivity contribution in [2.24, 2.45) is 0 Å². The Balaban J connectivity index is 0.00000161. The van der Waals surface area contributed by atoms with Crippen LogP contribution in [0.2, 0.25) is 0 Å². The van der Waals surface area contributed by atoms with Gasteiger partial charge in [-0.1, -0.05) is 112 Å². The van der Waals surface area contributed by atoms with Crippen molar-refractivity contribution in [3.63, 3.8) is 0 Å². The molecular weight excluding hydrogens is 283 g/mol. The normalized spacial score (nSPS) is 10.7. The molecule has 3 aromatic carbocycles. The molecule has 0 aliphatic carbocycles. The summed E-state index contributed by atoms with van der Waals surface area (Å²) < 4.78 is -0.538. The first-order chi connectivity index (χ1) is 9.82. The summed E-state index contributed by atoms with van der Waals surface area (Å²) >= 11 is 6.10. The third kappa shape index (κ3) is 3.27. The maximum atomic E-state index is 6.10. The fraction of sp³-hybridized carbons (Fsp3) is 0.0526. The standard InChI is InChI=1S/C19H16S.Na/c20-19(16-10-4-1-5-11-16,17-12-6-2-7-13-17)18-14-8-3-9-15-18;/h1-15,20H;/q;+1/p-1. The quantitative estimate of drug-likeness (QED) is 0.401. The molecule has 0 heterocycles. The van der Waals surface area contributed by atoms with Crippen LogP contribution in [0.25, 0.3) is 0 Å². The summed E-state index contributed by atoms with van der Waals surface area (Å²) in [7, 11) is 0. The average molecular weight is 298 g/mol. The molecule has 21 heavy (non-hydrogen) atoms. The minimum absolute atomic E-state index is 0. The molecule has 0 N–H and O–H groups in total. The van der Waals surface area contributed by atoms with Gasteiger partial charge in [-0.15, -0.1) is 0 Å². The molecule has 2 heteroatoms. The Hall–Kier alpha value is -0.990. The summed E-state index contributed by atoms with van der Waals surface area (Å²) in [4.78, 5) is 0. The van der Waals surface area contributed by atoms with Crippen LogP contribution in [0, 0.1) is 0 Å². The molecule has 3 rings (SSSR count). The second-order valence-corrected chi connectivity index (χ2v) is 5.39. The SMILES string of the molecule is [Na+].[S-]C(c1ccccc1)(c1ccccc1)c1ccccc1. The zero-order chi connectivity index (χ0) is 13.8. The van der Waals surface area contributed by atoms with E-state index in [1.807, 2.05) is 54.6 Å². The third-order valence-corrected chi connectivity index (χ3v) is 4.25. The first kappa shape index (κ1) is 16.4. The Morgan fingerprint density at radius 2 is 0.714 bits per heavy atom. The smallest absolute Gasteiger partial charge is 0.772 e. The zero-order valence-electron chi connectivity index (χ0n) is 12.1. The average Bonchev–Trinajstić information content (AvgIpc) is 2.56. The first-order valence-corrected chi connectivity index (χ1v) is 7.09. The van der Waals surface area contributed by atoms with Gasteiger partial charge in [-0.25, -0.2) is 0 Å². The molecule has 3 aromatic rings. The number of hydrogen-bond donors (Lipinski definition) is 0. The monoisotopic (exact) mass is 298 g/mol. The predicted octanol–water partition coefficient (Wildman–Crippen LogP) is 1.53. The number of hydrogen-bond acceptors (Lipinski definition) is 1. The fourth-order valence-corrected chi connectivity index (χ4v) is 2.93. The molecule has 0 unspecified atom stereocenters. The van der Waals surface area contributed by atoms with E-state index in [9.17, 15) is 0 Å². The third-order valence-electron chi connectivity index (χ3n) is 3.54. The van der Waals surface area contributed by atoms with Crippen molar-refractivity contribution >= 4 is 12.6 Å². The van der Waals surface area contributed by atoms with Crippen LogP contribution in [0.5, 0.6) is 0 Å². The molecule has 0 saturated carbocycles. The van der Waals surface area contributed by atoms with E-state index in [4.69, 9.17) is 12.6 Å². The van der Waals surface area contributed by atoms with E-state index in [1.165, 1.54) is 0 Å². The first-order valence-electron chi connectivity index (χ1n) is 6.69. The summed E-state index contributed by atoms with van der Waals surface area (Å²) in [6.45, 7) is 0. The van der Waals surface area contributed by atoms with Gasteiger partial charge in [-0.3, -0.25) is 0 Å². The Morgan fingerprint density at radius 1 is 0.476 bits per heavy atom. The van der Waals surface area contributed by atoms with Gasteiger partial charge in [0.2, 0.25) is 0 Å². The Kier molecular flexibility index (Phi) is 5.72. The number of rotatable bonds is 3. The summed E-state index contributed by atoms with van der Waals surface area (Å²) in [5, 5.41) is 0. The molecule has 0 spiro atoms. The molecule has 0 nitrogen and oxygen atoms in total. The number of benzene rings is 3.